The van der Waals surface area contributed by atoms with E-state index in [-0.39, 0.29) is 35.6 Å². The summed E-state index contributed by atoms with van der Waals surface area (Å²) in [5.41, 5.74) is 12.2. The minimum atomic E-state index is -1.15. The molecule has 2 unspecified atom stereocenters. The van der Waals surface area contributed by atoms with E-state index in [1.165, 1.54) is 57.5 Å². The fourth-order valence-electron chi connectivity index (χ4n) is 15.0. The number of benzene rings is 4. The van der Waals surface area contributed by atoms with Crippen molar-refractivity contribution in [2.24, 2.45) is 0 Å². The van der Waals surface area contributed by atoms with Gasteiger partial charge >= 0.3 is 30.2 Å². The predicted molar refractivity (Wildman–Crippen MR) is 565 cm³/mol. The minimum absolute atomic E-state index is 0.123. The molecule has 2 atom stereocenters. The molecule has 14 heterocycles. The van der Waals surface area contributed by atoms with Crippen LogP contribution in [-0.4, -0.2) is 264 Å². The van der Waals surface area contributed by atoms with Crippen molar-refractivity contribution < 1.29 is 58.2 Å². The van der Waals surface area contributed by atoms with Gasteiger partial charge in [0.2, 0.25) is 0 Å². The molecule has 13 N–H and O–H groups in total. The lowest BCUT2D eigenvalue weighted by Gasteiger charge is -2.34. The molecule has 42 nitrogen and oxygen atoms in total. The highest BCUT2D eigenvalue weighted by Crippen LogP contribution is 2.44. The van der Waals surface area contributed by atoms with Crippen LogP contribution in [0.1, 0.15) is 105 Å². The van der Waals surface area contributed by atoms with Gasteiger partial charge in [-0.3, -0.25) is 40.9 Å². The molecule has 0 bridgehead atoms. The molecule has 0 aliphatic carbocycles. The van der Waals surface area contributed by atoms with Crippen LogP contribution in [0.25, 0.3) is 131 Å². The third kappa shape index (κ3) is 27.4. The summed E-state index contributed by atoms with van der Waals surface area (Å²) in [5, 5.41) is 56.9. The number of aromatic nitrogens is 17. The molecule has 2 aliphatic heterocycles. The normalized spacial score (nSPS) is 13.2. The topological polar surface area (TPSA) is 540 Å². The average Bonchev–Trinajstić information content (AvgIpc) is 1.61. The number of urea groups is 4. The zero-order valence-electron chi connectivity index (χ0n) is 82.2. The first-order valence-corrected chi connectivity index (χ1v) is 50.3. The molecule has 9 amide bonds. The van der Waals surface area contributed by atoms with Crippen LogP contribution in [0.2, 0.25) is 0 Å². The van der Waals surface area contributed by atoms with Crippen LogP contribution < -0.4 is 58.0 Å². The summed E-state index contributed by atoms with van der Waals surface area (Å²) in [6.45, 7) is 28.3. The molecule has 758 valence electrons. The van der Waals surface area contributed by atoms with Gasteiger partial charge < -0.3 is 75.6 Å². The third-order valence-corrected chi connectivity index (χ3v) is 26.5. The Morgan fingerprint density at radius 2 is 0.918 bits per heavy atom. The fraction of sp³-hybridized carbons (Fsp3) is 0.320. The summed E-state index contributed by atoms with van der Waals surface area (Å²) in [7, 11) is 3.66. The molecule has 46 heteroatoms. The van der Waals surface area contributed by atoms with Gasteiger partial charge in [-0.2, -0.15) is 0 Å². The number of thiazole rings is 4. The minimum Gasteiger partial charge on any atom is -0.491 e. The quantitative estimate of drug-likeness (QED) is 0.0194. The van der Waals surface area contributed by atoms with Crippen LogP contribution >= 0.6 is 45.3 Å². The molecular formula is C100H111N29O13S4. The average molecular weight is 2060 g/mol. The van der Waals surface area contributed by atoms with E-state index in [1.807, 2.05) is 114 Å². The Bertz CT molecular complexity index is 7280. The van der Waals surface area contributed by atoms with Gasteiger partial charge in [-0.1, -0.05) is 51.4 Å². The number of hydrogen-bond acceptors (Lipinski definition) is 36. The highest BCUT2D eigenvalue weighted by Gasteiger charge is 2.33. The molecule has 2 fully saturated rings. The number of carbonyl (C=O) groups excluding carboxylic acids is 5. The van der Waals surface area contributed by atoms with E-state index in [0.29, 0.717) is 136 Å². The molecular weight excluding hydrogens is 1940 g/mol. The predicted octanol–water partition coefficient (Wildman–Crippen LogP) is 15.2. The number of hydrogen-bond donors (Lipinski definition) is 13. The summed E-state index contributed by atoms with van der Waals surface area (Å²) < 4.78 is 25.5. The van der Waals surface area contributed by atoms with E-state index in [2.05, 4.69) is 137 Å². The van der Waals surface area contributed by atoms with Gasteiger partial charge in [-0.25, -0.2) is 93.7 Å². The zero-order valence-corrected chi connectivity index (χ0v) is 85.5. The SMILES string of the molecule is CCNC(=O)Nc1nc2cc(-c3cnc(C(C)(C)O)nc3)cc(-c3nccc(NCCN4CCOCC4)n3)c2s1.CCNC(=O)Nc1nc2cc(-c3cnc(C(C)(C)OC(=O)N4CCN(C)CC4)nc3)cc(-c3ccccn3)c2s1.CCNC(=O)Nc1nc2cc(-c3cnc(C(C)O)nc3)cc(-c3cc(=O)cc[nH]3)c2s1.CCNC(=O)Nc1nc2cc(-c3cnc(C(C)O)nc3)cc(-c3cc(OCCOC)ccn3)c2s1. The maximum Gasteiger partial charge on any atom is 0.410 e. The molecule has 0 spiro atoms. The lowest BCUT2D eigenvalue weighted by molar-refractivity contribution is -0.00151. The van der Waals surface area contributed by atoms with Gasteiger partial charge in [0.15, 0.2) is 60.7 Å². The van der Waals surface area contributed by atoms with Crippen molar-refractivity contribution >= 4 is 143 Å². The van der Waals surface area contributed by atoms with Crippen molar-refractivity contribution in [3.05, 3.63) is 205 Å². The van der Waals surface area contributed by atoms with Crippen molar-refractivity contribution in [2.45, 2.75) is 92.6 Å². The lowest BCUT2D eigenvalue weighted by Crippen LogP contribution is -2.48. The summed E-state index contributed by atoms with van der Waals surface area (Å²) >= 11 is 5.43. The molecule has 0 radical (unpaired) electrons. The number of aliphatic hydroxyl groups excluding tert-OH is 2. The largest absolute Gasteiger partial charge is 0.491 e. The number of carbonyl (C=O) groups is 5. The van der Waals surface area contributed by atoms with Crippen LogP contribution in [0.15, 0.2) is 176 Å². The van der Waals surface area contributed by atoms with E-state index < -0.39 is 23.4 Å². The second-order valence-electron chi connectivity index (χ2n) is 34.3. The van der Waals surface area contributed by atoms with Crippen molar-refractivity contribution in [1.82, 2.24) is 121 Å². The molecule has 2 saturated heterocycles. The van der Waals surface area contributed by atoms with Crippen molar-refractivity contribution in [1.29, 1.82) is 0 Å². The number of amides is 9. The van der Waals surface area contributed by atoms with Crippen molar-refractivity contribution in [3.63, 3.8) is 0 Å². The number of piperazine rings is 1. The van der Waals surface area contributed by atoms with Crippen molar-refractivity contribution in [2.75, 3.05) is 146 Å². The van der Waals surface area contributed by atoms with E-state index >= 15 is 0 Å². The van der Waals surface area contributed by atoms with E-state index in [4.69, 9.17) is 23.9 Å². The maximum atomic E-state index is 12.8. The van der Waals surface area contributed by atoms with Gasteiger partial charge in [0.25, 0.3) is 0 Å². The van der Waals surface area contributed by atoms with Gasteiger partial charge in [0, 0.05) is 223 Å². The summed E-state index contributed by atoms with van der Waals surface area (Å²) in [5.74, 6) is 3.34. The number of nitrogens with zero attached hydrogens (tertiary/aromatic N) is 19. The second kappa shape index (κ2) is 48.9. The molecule has 18 rings (SSSR count). The zero-order chi connectivity index (χ0) is 103. The van der Waals surface area contributed by atoms with Gasteiger partial charge in [0.1, 0.15) is 36.0 Å². The Morgan fingerprint density at radius 3 is 1.37 bits per heavy atom. The van der Waals surface area contributed by atoms with Crippen LogP contribution in [0.5, 0.6) is 5.75 Å². The standard InChI is InChI=1S/C28H32N8O3S.C27H33N9O3S.C24H26N6O4S.C21H20N6O3S/c1-5-29-25(37)34-26-33-22-15-18(14-20(23(22)40-26)21-8-6-7-9-30-21)19-16-31-24(32-17-19)28(2,3)39-27(38)36-12-10-35(4)11-13-36;1-4-28-25(37)35-26-33-20-14-17(18-15-31-24(32-16-18)27(2,3)38)13-19(22(20)40-26)23-30-6-5-21(34-23)29-7-8-36-9-11-39-12-10-36;1-4-25-23(32)30-24-29-20-10-15(16-12-27-22(14(2)31)28-13-16)9-18(21(20)35-24)19-11-17(5-6-26-19)34-8-7-33-3;1-3-22-20(30)27-21-26-17-7-12(13-9-24-19(11(2)28)25-10-13)6-15(18(17)31-21)16-8-14(29)4-5-23-16/h6-9,14-17H,5,10-13H2,1-4H3,(H2,29,33,34,37);5-6,13-16,38H,4,7-12H2,1-3H3,(H,29,30,34)(H2,28,33,35,37);5-6,9-14,31H,4,7-8H2,1-3H3,(H2,25,29,30,32);4-11,28H,3H2,1-2H3,(H,23,29)(H2,22,26,27,30). The second-order valence-corrected chi connectivity index (χ2v) is 38.3. The summed E-state index contributed by atoms with van der Waals surface area (Å²) in [6, 6.07) is 28.5. The number of methoxy groups -OCH3 is 1. The number of likely N-dealkylation sites (N-methyl/N-ethyl adjacent to an activating group) is 1. The highest BCUT2D eigenvalue weighted by atomic mass is 32.1. The van der Waals surface area contributed by atoms with Crippen LogP contribution in [0.4, 0.5) is 50.3 Å². The number of aromatic amines is 1. The first-order chi connectivity index (χ1) is 70.4. The molecule has 16 aromatic rings. The number of ether oxygens (including phenoxy) is 4. The summed E-state index contributed by atoms with van der Waals surface area (Å²) in [6.07, 6.45) is 18.3. The Morgan fingerprint density at radius 1 is 0.479 bits per heavy atom. The number of rotatable bonds is 29. The Hall–Kier alpha value is -15.2. The first-order valence-electron chi connectivity index (χ1n) is 47.0. The van der Waals surface area contributed by atoms with Crippen LogP contribution in [0, 0.1) is 0 Å². The third-order valence-electron chi connectivity index (χ3n) is 22.4. The fourth-order valence-corrected chi connectivity index (χ4v) is 18.9. The molecule has 12 aromatic heterocycles. The van der Waals surface area contributed by atoms with Gasteiger partial charge in [0.05, 0.1) is 77.8 Å². The smallest absolute Gasteiger partial charge is 0.410 e. The van der Waals surface area contributed by atoms with E-state index in [1.54, 1.807) is 134 Å². The maximum absolute atomic E-state index is 12.8. The lowest BCUT2D eigenvalue weighted by atomic mass is 10.0. The number of aliphatic hydroxyl groups is 3. The Labute approximate surface area is 855 Å². The number of fused-ring (bicyclic) bond motifs is 4. The van der Waals surface area contributed by atoms with Crippen LogP contribution in [-0.2, 0) is 25.4 Å². The van der Waals surface area contributed by atoms with Crippen LogP contribution in [0.3, 0.4) is 0 Å². The number of anilines is 5. The monoisotopic (exact) mass is 2050 g/mol. The number of morpholine rings is 1. The van der Waals surface area contributed by atoms with E-state index in [9.17, 15) is 44.1 Å². The Kier molecular flexibility index (Phi) is 35.2. The molecule has 146 heavy (non-hydrogen) atoms. The molecule has 4 aromatic carbocycles. The van der Waals surface area contributed by atoms with Gasteiger partial charge in [-0.05, 0) is 171 Å². The Balaban J connectivity index is 0.000000147. The summed E-state index contributed by atoms with van der Waals surface area (Å²) in [4.78, 5) is 154. The number of nitrogens with one attached hydrogen (secondary N) is 10. The molecule has 0 saturated carbocycles. The number of pyridine rings is 3. The highest BCUT2D eigenvalue weighted by molar-refractivity contribution is 7.24. The number of H-pyrrole nitrogens is 1. The molecule has 2 aliphatic rings. The first kappa shape index (κ1) is 105. The van der Waals surface area contributed by atoms with Crippen molar-refractivity contribution in [3.8, 4) is 95.4 Å². The van der Waals surface area contributed by atoms with E-state index in [0.717, 1.165) is 155 Å². The van der Waals surface area contributed by atoms with Gasteiger partial charge in [-0.15, -0.1) is 0 Å².